The summed E-state index contributed by atoms with van der Waals surface area (Å²) < 4.78 is 11.0. The van der Waals surface area contributed by atoms with Gasteiger partial charge in [-0.2, -0.15) is 0 Å². The Morgan fingerprint density at radius 2 is 2.37 bits per heavy atom. The lowest BCUT2D eigenvalue weighted by Gasteiger charge is -2.01. The molecule has 0 atom stereocenters. The molecule has 6 nitrogen and oxygen atoms in total. The maximum atomic E-state index is 11.3. The summed E-state index contributed by atoms with van der Waals surface area (Å²) in [4.78, 5) is 15.6. The number of hydrogen-bond donors (Lipinski definition) is 2. The highest BCUT2D eigenvalue weighted by Crippen LogP contribution is 2.29. The topological polar surface area (TPSA) is 80.7 Å². The van der Waals surface area contributed by atoms with Crippen molar-refractivity contribution in [1.82, 2.24) is 4.98 Å². The number of nitrogens with one attached hydrogen (secondary N) is 1. The zero-order valence-corrected chi connectivity index (χ0v) is 11.2. The quantitative estimate of drug-likeness (QED) is 0.879. The van der Waals surface area contributed by atoms with Gasteiger partial charge in [0.05, 0.1) is 23.4 Å². The summed E-state index contributed by atoms with van der Waals surface area (Å²) in [5.41, 5.74) is 0.783. The monoisotopic (exact) mass is 282 g/mol. The maximum absolute atomic E-state index is 11.3. The van der Waals surface area contributed by atoms with Gasteiger partial charge in [-0.3, -0.25) is 5.32 Å². The van der Waals surface area contributed by atoms with Gasteiger partial charge in [-0.1, -0.05) is 11.3 Å². The van der Waals surface area contributed by atoms with E-state index < -0.39 is 6.09 Å². The van der Waals surface area contributed by atoms with E-state index in [0.717, 1.165) is 16.0 Å². The zero-order valence-electron chi connectivity index (χ0n) is 10.4. The van der Waals surface area contributed by atoms with Crippen LogP contribution in [0.5, 0.6) is 5.75 Å². The van der Waals surface area contributed by atoms with Crippen molar-refractivity contribution in [2.75, 3.05) is 25.1 Å². The zero-order chi connectivity index (χ0) is 13.7. The molecule has 0 aliphatic rings. The van der Waals surface area contributed by atoms with E-state index in [2.05, 4.69) is 10.3 Å². The second-order valence-electron chi connectivity index (χ2n) is 3.57. The fourth-order valence-corrected chi connectivity index (χ4v) is 2.36. The lowest BCUT2D eigenvalue weighted by molar-refractivity contribution is 0.131. The van der Waals surface area contributed by atoms with Gasteiger partial charge in [-0.05, 0) is 25.1 Å². The minimum absolute atomic E-state index is 0.0365. The molecule has 1 aromatic heterocycles. The standard InChI is InChI=1S/C12H14N2O4S/c1-2-17-8-3-4-9-10(7-8)19-11(13-9)14-12(16)18-6-5-15/h3-4,7,15H,2,5-6H2,1H3,(H,13,14,16). The number of ether oxygens (including phenoxy) is 2. The highest BCUT2D eigenvalue weighted by atomic mass is 32.1. The Hall–Kier alpha value is -1.86. The van der Waals surface area contributed by atoms with Gasteiger partial charge in [0, 0.05) is 0 Å². The lowest BCUT2D eigenvalue weighted by atomic mass is 10.3. The van der Waals surface area contributed by atoms with Crippen LogP contribution in [0.2, 0.25) is 0 Å². The normalized spacial score (nSPS) is 10.4. The smallest absolute Gasteiger partial charge is 0.413 e. The van der Waals surface area contributed by atoms with E-state index in [0.29, 0.717) is 11.7 Å². The van der Waals surface area contributed by atoms with Crippen LogP contribution in [0, 0.1) is 0 Å². The van der Waals surface area contributed by atoms with E-state index in [4.69, 9.17) is 14.6 Å². The summed E-state index contributed by atoms with van der Waals surface area (Å²) in [6, 6.07) is 5.54. The van der Waals surface area contributed by atoms with Crippen LogP contribution >= 0.6 is 11.3 Å². The van der Waals surface area contributed by atoms with E-state index in [1.807, 2.05) is 25.1 Å². The number of thiazole rings is 1. The van der Waals surface area contributed by atoms with Crippen LogP contribution in [0.3, 0.4) is 0 Å². The van der Waals surface area contributed by atoms with E-state index in [9.17, 15) is 4.79 Å². The number of aliphatic hydroxyl groups excluding tert-OH is 1. The van der Waals surface area contributed by atoms with Gasteiger partial charge in [0.2, 0.25) is 0 Å². The second kappa shape index (κ2) is 6.35. The number of benzene rings is 1. The molecule has 102 valence electrons. The van der Waals surface area contributed by atoms with Crippen molar-refractivity contribution in [3.8, 4) is 5.75 Å². The minimum Gasteiger partial charge on any atom is -0.494 e. The summed E-state index contributed by atoms with van der Waals surface area (Å²) in [5, 5.41) is 11.5. The molecule has 0 aliphatic carbocycles. The molecule has 0 aliphatic heterocycles. The van der Waals surface area contributed by atoms with Gasteiger partial charge in [0.25, 0.3) is 0 Å². The van der Waals surface area contributed by atoms with Crippen molar-refractivity contribution in [1.29, 1.82) is 0 Å². The molecule has 0 saturated heterocycles. The molecule has 0 unspecified atom stereocenters. The van der Waals surface area contributed by atoms with Gasteiger partial charge >= 0.3 is 6.09 Å². The molecule has 7 heteroatoms. The molecule has 0 fully saturated rings. The first-order valence-corrected chi connectivity index (χ1v) is 6.62. The molecule has 1 amide bonds. The number of anilines is 1. The van der Waals surface area contributed by atoms with Gasteiger partial charge < -0.3 is 14.6 Å². The van der Waals surface area contributed by atoms with Crippen molar-refractivity contribution in [3.05, 3.63) is 18.2 Å². The molecule has 0 bridgehead atoms. The molecule has 19 heavy (non-hydrogen) atoms. The van der Waals surface area contributed by atoms with Gasteiger partial charge in [0.15, 0.2) is 5.13 Å². The van der Waals surface area contributed by atoms with E-state index in [1.165, 1.54) is 11.3 Å². The molecule has 2 rings (SSSR count). The summed E-state index contributed by atoms with van der Waals surface area (Å²) >= 11 is 1.33. The Morgan fingerprint density at radius 1 is 1.53 bits per heavy atom. The lowest BCUT2D eigenvalue weighted by Crippen LogP contribution is -2.15. The average molecular weight is 282 g/mol. The third-order valence-electron chi connectivity index (χ3n) is 2.20. The van der Waals surface area contributed by atoms with Crippen LogP contribution in [0.1, 0.15) is 6.92 Å². The number of aliphatic hydroxyl groups is 1. The molecule has 0 saturated carbocycles. The predicted molar refractivity (Wildman–Crippen MR) is 72.8 cm³/mol. The van der Waals surface area contributed by atoms with Gasteiger partial charge in [-0.15, -0.1) is 0 Å². The Labute approximate surface area is 114 Å². The van der Waals surface area contributed by atoms with Crippen LogP contribution in [-0.2, 0) is 4.74 Å². The average Bonchev–Trinajstić information content (AvgIpc) is 2.78. The highest BCUT2D eigenvalue weighted by molar-refractivity contribution is 7.22. The molecule has 0 radical (unpaired) electrons. The summed E-state index contributed by atoms with van der Waals surface area (Å²) in [6.45, 7) is 2.28. The third kappa shape index (κ3) is 3.55. The number of aromatic nitrogens is 1. The van der Waals surface area contributed by atoms with Crippen molar-refractivity contribution >= 4 is 32.8 Å². The SMILES string of the molecule is CCOc1ccc2nc(NC(=O)OCCO)sc2c1. The maximum Gasteiger partial charge on any atom is 0.413 e. The van der Waals surface area contributed by atoms with Crippen LogP contribution in [0.25, 0.3) is 10.2 Å². The van der Waals surface area contributed by atoms with Crippen LogP contribution in [0.4, 0.5) is 9.93 Å². The summed E-state index contributed by atoms with van der Waals surface area (Å²) in [7, 11) is 0. The fraction of sp³-hybridized carbons (Fsp3) is 0.333. The third-order valence-corrected chi connectivity index (χ3v) is 3.14. The number of carbonyl (C=O) groups is 1. The predicted octanol–water partition coefficient (Wildman–Crippen LogP) is 2.24. The summed E-state index contributed by atoms with van der Waals surface area (Å²) in [5.74, 6) is 0.771. The van der Waals surface area contributed by atoms with E-state index in [-0.39, 0.29) is 13.2 Å². The number of amides is 1. The molecule has 1 aromatic carbocycles. The minimum atomic E-state index is -0.627. The van der Waals surface area contributed by atoms with Gasteiger partial charge in [-0.25, -0.2) is 9.78 Å². The second-order valence-corrected chi connectivity index (χ2v) is 4.60. The molecule has 2 aromatic rings. The molecule has 0 spiro atoms. The van der Waals surface area contributed by atoms with Crippen molar-refractivity contribution < 1.29 is 19.4 Å². The largest absolute Gasteiger partial charge is 0.494 e. The van der Waals surface area contributed by atoms with Crippen molar-refractivity contribution in [3.63, 3.8) is 0 Å². The first kappa shape index (κ1) is 13.6. The van der Waals surface area contributed by atoms with E-state index >= 15 is 0 Å². The van der Waals surface area contributed by atoms with Crippen molar-refractivity contribution in [2.24, 2.45) is 0 Å². The number of carbonyl (C=O) groups excluding carboxylic acids is 1. The number of nitrogens with zero attached hydrogens (tertiary/aromatic N) is 1. The van der Waals surface area contributed by atoms with Gasteiger partial charge in [0.1, 0.15) is 12.4 Å². The van der Waals surface area contributed by atoms with E-state index in [1.54, 1.807) is 0 Å². The molecular weight excluding hydrogens is 268 g/mol. The Balaban J connectivity index is 2.10. The van der Waals surface area contributed by atoms with Crippen LogP contribution < -0.4 is 10.1 Å². The Bertz CT molecular complexity index is 570. The summed E-state index contributed by atoms with van der Waals surface area (Å²) in [6.07, 6.45) is -0.627. The molecular formula is C12H14N2O4S. The first-order valence-electron chi connectivity index (χ1n) is 5.81. The van der Waals surface area contributed by atoms with Crippen LogP contribution in [0.15, 0.2) is 18.2 Å². The van der Waals surface area contributed by atoms with Crippen LogP contribution in [-0.4, -0.2) is 36.0 Å². The molecule has 2 N–H and O–H groups in total. The Morgan fingerprint density at radius 3 is 3.11 bits per heavy atom. The number of rotatable bonds is 5. The highest BCUT2D eigenvalue weighted by Gasteiger charge is 2.09. The van der Waals surface area contributed by atoms with Crippen molar-refractivity contribution in [2.45, 2.75) is 6.92 Å². The first-order chi connectivity index (χ1) is 9.22. The Kier molecular flexibility index (Phi) is 4.53. The fourth-order valence-electron chi connectivity index (χ4n) is 1.48. The molecule has 1 heterocycles. The number of hydrogen-bond acceptors (Lipinski definition) is 6. The number of fused-ring (bicyclic) bond motifs is 1.